The Balaban J connectivity index is 3.69. The lowest BCUT2D eigenvalue weighted by Crippen LogP contribution is -2.42. The Bertz CT molecular complexity index is 139. The summed E-state index contributed by atoms with van der Waals surface area (Å²) in [6.45, 7) is 0.465. The third kappa shape index (κ3) is 7.29. The highest BCUT2D eigenvalue weighted by Gasteiger charge is 2.17. The van der Waals surface area contributed by atoms with Crippen LogP contribution < -0.4 is 0 Å². The Morgan fingerprint density at radius 2 is 1.91 bits per heavy atom. The Kier molecular flexibility index (Phi) is 3.48. The van der Waals surface area contributed by atoms with E-state index >= 15 is 0 Å². The molecule has 0 radical (unpaired) electrons. The number of nitrogens with zero attached hydrogens (tertiary/aromatic N) is 1. The lowest BCUT2D eigenvalue weighted by Gasteiger charge is -2.25. The molecule has 66 valence electrons. The molecule has 0 aromatic rings. The van der Waals surface area contributed by atoms with Crippen molar-refractivity contribution >= 4 is 5.97 Å². The summed E-state index contributed by atoms with van der Waals surface area (Å²) in [7, 11) is 5.72. The molecule has 0 aromatic carbocycles. The molecule has 0 aromatic heterocycles. The first-order valence-corrected chi connectivity index (χ1v) is 3.51. The van der Waals surface area contributed by atoms with Crippen molar-refractivity contribution in [3.8, 4) is 0 Å². The molecule has 2 N–H and O–H groups in total. The van der Waals surface area contributed by atoms with Crippen LogP contribution in [0.2, 0.25) is 0 Å². The molecule has 0 amide bonds. The smallest absolute Gasteiger partial charge is 0.306 e. The highest BCUT2D eigenvalue weighted by Crippen LogP contribution is 1.98. The quantitative estimate of drug-likeness (QED) is 0.558. The first-order valence-electron chi connectivity index (χ1n) is 3.51. The lowest BCUT2D eigenvalue weighted by molar-refractivity contribution is -0.873. The van der Waals surface area contributed by atoms with Crippen molar-refractivity contribution in [2.75, 3.05) is 27.7 Å². The standard InChI is InChI=1S/C7H15NO3/c1-8(2,3)5-6(9)4-7(10)11/h6,9H,4-5H2,1-3H3/p+1/t6-/m0/s1/i1+2,2+2,3+2. The van der Waals surface area contributed by atoms with E-state index in [-0.39, 0.29) is 6.42 Å². The minimum absolute atomic E-state index is 0.171. The summed E-state index contributed by atoms with van der Waals surface area (Å²) in [4.78, 5) is 10.1. The third-order valence-corrected chi connectivity index (χ3v) is 1.17. The monoisotopic (exact) mass is 168 g/mol. The highest BCUT2D eigenvalue weighted by atomic mass is 16.4. The predicted molar refractivity (Wildman–Crippen MR) is 41.2 cm³/mol. The van der Waals surface area contributed by atoms with Gasteiger partial charge in [0.25, 0.3) is 0 Å². The number of hydrogen-bond acceptors (Lipinski definition) is 2. The van der Waals surface area contributed by atoms with Crippen molar-refractivity contribution in [1.82, 2.24) is 0 Å². The maximum Gasteiger partial charge on any atom is 0.306 e. The van der Waals surface area contributed by atoms with Gasteiger partial charge in [-0.05, 0) is 0 Å². The van der Waals surface area contributed by atoms with Crippen LogP contribution in [0.3, 0.4) is 0 Å². The van der Waals surface area contributed by atoms with Crippen molar-refractivity contribution in [2.24, 2.45) is 0 Å². The molecule has 4 heteroatoms. The van der Waals surface area contributed by atoms with Crippen LogP contribution in [0.5, 0.6) is 0 Å². The van der Waals surface area contributed by atoms with E-state index in [9.17, 15) is 4.79 Å². The van der Waals surface area contributed by atoms with Crippen LogP contribution in [-0.2, 0) is 4.79 Å². The number of aliphatic hydroxyl groups is 1. The van der Waals surface area contributed by atoms with Gasteiger partial charge in [0.1, 0.15) is 12.6 Å². The molecule has 0 bridgehead atoms. The zero-order valence-corrected chi connectivity index (χ0v) is 7.24. The molecular formula is C7H16NO3+. The van der Waals surface area contributed by atoms with Gasteiger partial charge >= 0.3 is 5.97 Å². The van der Waals surface area contributed by atoms with Crippen LogP contribution >= 0.6 is 0 Å². The number of rotatable bonds is 4. The second-order valence-corrected chi connectivity index (χ2v) is 3.72. The van der Waals surface area contributed by atoms with E-state index in [0.29, 0.717) is 11.0 Å². The molecule has 0 aliphatic carbocycles. The van der Waals surface area contributed by atoms with Gasteiger partial charge in [0.15, 0.2) is 0 Å². The van der Waals surface area contributed by atoms with E-state index in [4.69, 9.17) is 10.2 Å². The van der Waals surface area contributed by atoms with Gasteiger partial charge in [-0.3, -0.25) is 4.79 Å². The van der Waals surface area contributed by atoms with Crippen molar-refractivity contribution in [2.45, 2.75) is 12.5 Å². The Morgan fingerprint density at radius 1 is 1.45 bits per heavy atom. The summed E-state index contributed by atoms with van der Waals surface area (Å²) >= 11 is 0. The number of carbonyl (C=O) groups is 1. The summed E-state index contributed by atoms with van der Waals surface area (Å²) in [6, 6.07) is 0. The molecule has 1 atom stereocenters. The zero-order chi connectivity index (χ0) is 9.07. The van der Waals surface area contributed by atoms with Crippen LogP contribution in [0.25, 0.3) is 0 Å². The van der Waals surface area contributed by atoms with Crippen LogP contribution in [-0.4, -0.2) is 54.5 Å². The number of aliphatic hydroxyl groups excluding tert-OH is 1. The fourth-order valence-corrected chi connectivity index (χ4v) is 0.898. The van der Waals surface area contributed by atoms with Gasteiger partial charge in [0, 0.05) is 0 Å². The first-order chi connectivity index (χ1) is 4.81. The summed E-state index contributed by atoms with van der Waals surface area (Å²) in [5, 5.41) is 17.5. The molecule has 0 aliphatic heterocycles. The zero-order valence-electron chi connectivity index (χ0n) is 7.24. The van der Waals surface area contributed by atoms with Crippen LogP contribution in [0, 0.1) is 0 Å². The summed E-state index contributed by atoms with van der Waals surface area (Å²) < 4.78 is 0.578. The van der Waals surface area contributed by atoms with E-state index in [1.165, 1.54) is 0 Å². The van der Waals surface area contributed by atoms with Gasteiger partial charge in [-0.1, -0.05) is 0 Å². The van der Waals surface area contributed by atoms with Crippen LogP contribution in [0.1, 0.15) is 6.42 Å². The van der Waals surface area contributed by atoms with Gasteiger partial charge in [0.2, 0.25) is 0 Å². The fourth-order valence-electron chi connectivity index (χ4n) is 0.898. The lowest BCUT2D eigenvalue weighted by atomic mass is 10.2. The van der Waals surface area contributed by atoms with Crippen molar-refractivity contribution in [3.05, 3.63) is 0 Å². The maximum absolute atomic E-state index is 10.1. The van der Waals surface area contributed by atoms with E-state index in [2.05, 4.69) is 0 Å². The number of aliphatic carboxylic acids is 1. The Morgan fingerprint density at radius 3 is 2.18 bits per heavy atom. The SMILES string of the molecule is [14CH3][N+]([14CH3])([14CH3])C[C@@H](O)CC(=O)O. The second-order valence-electron chi connectivity index (χ2n) is 3.72. The number of carboxylic acid groups (broad SMARTS) is 1. The van der Waals surface area contributed by atoms with Gasteiger partial charge < -0.3 is 14.7 Å². The topological polar surface area (TPSA) is 57.5 Å². The summed E-state index contributed by atoms with van der Waals surface area (Å²) in [6.07, 6.45) is -0.914. The average Bonchev–Trinajstić information content (AvgIpc) is 1.53. The van der Waals surface area contributed by atoms with E-state index in [1.807, 2.05) is 21.1 Å². The second kappa shape index (κ2) is 3.69. The largest absolute Gasteiger partial charge is 0.481 e. The predicted octanol–water partition coefficient (Wildman–Crippen LogP) is -0.472. The normalized spacial score (nSPS) is 14.5. The summed E-state index contributed by atoms with van der Waals surface area (Å²) in [5.41, 5.74) is 0. The van der Waals surface area contributed by atoms with E-state index in [0.717, 1.165) is 0 Å². The molecule has 0 rings (SSSR count). The Hall–Kier alpha value is -0.610. The van der Waals surface area contributed by atoms with Crippen molar-refractivity contribution in [1.29, 1.82) is 0 Å². The molecule has 0 heterocycles. The van der Waals surface area contributed by atoms with Gasteiger partial charge in [-0.15, -0.1) is 0 Å². The van der Waals surface area contributed by atoms with Crippen LogP contribution in [0.15, 0.2) is 0 Å². The highest BCUT2D eigenvalue weighted by molar-refractivity contribution is 5.67. The molecule has 4 nitrogen and oxygen atoms in total. The third-order valence-electron chi connectivity index (χ3n) is 1.17. The summed E-state index contributed by atoms with van der Waals surface area (Å²) in [5.74, 6) is -0.953. The van der Waals surface area contributed by atoms with Gasteiger partial charge in [0.05, 0.1) is 27.6 Å². The number of quaternary nitrogens is 1. The molecule has 11 heavy (non-hydrogen) atoms. The van der Waals surface area contributed by atoms with Crippen molar-refractivity contribution in [3.63, 3.8) is 0 Å². The molecule has 0 saturated heterocycles. The molecule has 0 saturated carbocycles. The van der Waals surface area contributed by atoms with Crippen LogP contribution in [0.4, 0.5) is 0 Å². The fraction of sp³-hybridized carbons (Fsp3) is 0.857. The number of likely N-dealkylation sites (N-methyl/N-ethyl adjacent to an activating group) is 1. The van der Waals surface area contributed by atoms with Gasteiger partial charge in [-0.25, -0.2) is 0 Å². The van der Waals surface area contributed by atoms with E-state index in [1.54, 1.807) is 0 Å². The molecule has 0 aliphatic rings. The first kappa shape index (κ1) is 10.4. The molecule has 0 fully saturated rings. The molecular weight excluding hydrogens is 152 g/mol. The van der Waals surface area contributed by atoms with Crippen molar-refractivity contribution < 1.29 is 19.5 Å². The Labute approximate surface area is 66.6 Å². The molecule has 0 spiro atoms. The van der Waals surface area contributed by atoms with Gasteiger partial charge in [-0.2, -0.15) is 0 Å². The minimum Gasteiger partial charge on any atom is -0.481 e. The number of hydrogen-bond donors (Lipinski definition) is 2. The number of carboxylic acids is 1. The maximum atomic E-state index is 10.1. The minimum atomic E-state index is -0.953. The average molecular weight is 168 g/mol. The van der Waals surface area contributed by atoms with E-state index < -0.39 is 12.1 Å². The molecule has 0 unspecified atom stereocenters.